The van der Waals surface area contributed by atoms with Gasteiger partial charge in [0.2, 0.25) is 47.3 Å². The van der Waals surface area contributed by atoms with E-state index in [1.54, 1.807) is 50.8 Å². The molecule has 5 aliphatic heterocycles. The molecule has 774 valence electrons. The van der Waals surface area contributed by atoms with Gasteiger partial charge in [-0.15, -0.1) is 13.2 Å². The molecule has 4 bridgehead atoms. The molecule has 9 fully saturated rings. The molecule has 7 heterocycles. The van der Waals surface area contributed by atoms with Gasteiger partial charge in [0.25, 0.3) is 0 Å². The molecule has 26 nitrogen and oxygen atoms in total. The first-order valence-electron chi connectivity index (χ1n) is 49.4. The number of benzene rings is 5. The number of hydrogen-bond acceptors (Lipinski definition) is 22. The van der Waals surface area contributed by atoms with Crippen LogP contribution in [0.5, 0.6) is 0 Å². The molecular formula is C114H133Br2Cl2N8O18Ru-. The van der Waals surface area contributed by atoms with Gasteiger partial charge in [0.15, 0.2) is 0 Å². The van der Waals surface area contributed by atoms with Crippen molar-refractivity contribution >= 4 is 138 Å². The molecule has 2 aromatic heterocycles. The van der Waals surface area contributed by atoms with Gasteiger partial charge >= 0.3 is 97.3 Å². The van der Waals surface area contributed by atoms with Crippen molar-refractivity contribution in [2.24, 2.45) is 106 Å². The number of carbonyl (C=O) groups is 12. The van der Waals surface area contributed by atoms with Gasteiger partial charge < -0.3 is 39.0 Å². The number of hydrogen-bond donors (Lipinski definition) is 2. The van der Waals surface area contributed by atoms with Crippen LogP contribution in [-0.4, -0.2) is 193 Å². The van der Waals surface area contributed by atoms with Crippen molar-refractivity contribution in [1.29, 1.82) is 0 Å². The van der Waals surface area contributed by atoms with Crippen molar-refractivity contribution in [3.63, 3.8) is 0 Å². The fraction of sp³-hybridized carbons (Fsp3) is 0.439. The van der Waals surface area contributed by atoms with E-state index < -0.39 is 78.1 Å². The van der Waals surface area contributed by atoms with Gasteiger partial charge in [0.05, 0.1) is 84.4 Å². The van der Waals surface area contributed by atoms with Crippen LogP contribution in [0.1, 0.15) is 140 Å². The number of halogens is 4. The Kier molecular flexibility index (Phi) is 40.2. The van der Waals surface area contributed by atoms with Gasteiger partial charge in [-0.05, 0) is 227 Å². The molecule has 0 spiro atoms. The number of pyridine rings is 2. The number of imide groups is 4. The summed E-state index contributed by atoms with van der Waals surface area (Å²) in [4.78, 5) is 170. The molecule has 20 atom stereocenters. The topological polar surface area (TPSA) is 327 Å². The predicted molar refractivity (Wildman–Crippen MR) is 561 cm³/mol. The number of aryl methyl sites for hydroxylation is 6. The summed E-state index contributed by atoms with van der Waals surface area (Å²) in [5.74, 6) is -7.67. The Labute approximate surface area is 881 Å². The second-order valence-electron chi connectivity index (χ2n) is 40.1. The minimum atomic E-state index is -1.61. The van der Waals surface area contributed by atoms with Crippen molar-refractivity contribution in [3.8, 4) is 0 Å². The number of aliphatic hydroxyl groups is 2. The molecule has 31 heteroatoms. The number of alkyl halides is 2. The Balaban J connectivity index is 0.000000168. The molecule has 18 rings (SSSR count). The van der Waals surface area contributed by atoms with Crippen LogP contribution in [-0.2, 0) is 90.0 Å². The first-order valence-corrected chi connectivity index (χ1v) is 56.7. The largest absolute Gasteiger partial charge is 0.265 e. The van der Waals surface area contributed by atoms with Crippen LogP contribution in [0, 0.1) is 154 Å². The SMILES string of the molecule is C=CC1CC(/C=C\C2CC(C=C)C3C(=O)N(CCOC(=O)C(C)(C)CC(Br)c4ccccc4)C(=O)C23)C2C(=O)N(CCOC(=O)C(C)O)C(=O)C12.CC(C)(CC(Br)c1ccccc1)C(=O)OCCN1C(=O)[C@@H]2C3C=CC(C3)[C@@H]2C1=O.CC(O)C(=O)OCCN1C(=O)[C@@H]2C3C=CC(C3)[C@@H]2C1=O.Cc1cc(C)c(N2[CH-]N(c3c(C)cc(C)cc3C)CC2)c(C)c1.[Cl][Ru]([Cl])=[CH]c1ccccc1.c1ccncc1.c1ccncc1. The minimum absolute atomic E-state index is 0.0373. The molecule has 5 aromatic carbocycles. The second kappa shape index (κ2) is 51.6. The third-order valence-corrected chi connectivity index (χ3v) is 32.4. The number of anilines is 2. The van der Waals surface area contributed by atoms with E-state index in [0.717, 1.165) is 47.5 Å². The van der Waals surface area contributed by atoms with Crippen LogP contribution < -0.4 is 9.80 Å². The van der Waals surface area contributed by atoms with Gasteiger partial charge in [-0.3, -0.25) is 77.5 Å². The van der Waals surface area contributed by atoms with Crippen LogP contribution in [0.4, 0.5) is 11.4 Å². The number of allylic oxidation sites excluding steroid dienone is 8. The monoisotopic (exact) mass is 2230 g/mol. The Morgan fingerprint density at radius 3 is 0.972 bits per heavy atom. The van der Waals surface area contributed by atoms with Gasteiger partial charge in [0, 0.05) is 58.9 Å². The van der Waals surface area contributed by atoms with Crippen LogP contribution >= 0.6 is 51.2 Å². The molecule has 16 unspecified atom stereocenters. The molecule has 11 aliphatic rings. The van der Waals surface area contributed by atoms with Crippen molar-refractivity contribution in [2.45, 2.75) is 143 Å². The van der Waals surface area contributed by atoms with Crippen molar-refractivity contribution in [2.75, 3.05) is 75.5 Å². The third kappa shape index (κ3) is 27.8. The number of likely N-dealkylation sites (tertiary alicyclic amines) is 4. The van der Waals surface area contributed by atoms with Crippen molar-refractivity contribution in [3.05, 3.63) is 295 Å². The van der Waals surface area contributed by atoms with Crippen molar-refractivity contribution < 1.29 is 100 Å². The summed E-state index contributed by atoms with van der Waals surface area (Å²) in [6, 6.07) is 50.1. The number of fused-ring (bicyclic) bond motifs is 12. The molecule has 8 amide bonds. The maximum Gasteiger partial charge on any atom is 0.0267 e. The molecular weight excluding hydrogens is 2100 g/mol. The molecule has 0 radical (unpaired) electrons. The third-order valence-electron chi connectivity index (χ3n) is 28.8. The number of esters is 4. The summed E-state index contributed by atoms with van der Waals surface area (Å²) < 4.78 is 22.8. The molecule has 5 saturated heterocycles. The first-order chi connectivity index (χ1) is 69.2. The number of rotatable bonds is 29. The van der Waals surface area contributed by atoms with E-state index in [1.165, 1.54) is 73.3 Å². The number of ether oxygens (including phenoxy) is 4. The number of nitrogens with zero attached hydrogens (tertiary/aromatic N) is 8. The molecule has 2 N–H and O–H groups in total. The average molecular weight is 2240 g/mol. The summed E-state index contributed by atoms with van der Waals surface area (Å²) in [7, 11) is 11.3. The molecule has 4 saturated carbocycles. The average Bonchev–Trinajstić information content (AvgIpc) is 1.58. The normalized spacial score (nSPS) is 25.0. The number of aliphatic hydroxyl groups excluding tert-OH is 2. The summed E-state index contributed by atoms with van der Waals surface area (Å²) in [6.07, 6.45) is 23.9. The van der Waals surface area contributed by atoms with Gasteiger partial charge in [-0.2, -0.15) is 6.67 Å². The predicted octanol–water partition coefficient (Wildman–Crippen LogP) is 17.9. The van der Waals surface area contributed by atoms with E-state index in [9.17, 15) is 62.6 Å². The van der Waals surface area contributed by atoms with Crippen molar-refractivity contribution in [1.82, 2.24) is 29.6 Å². The Bertz CT molecular complexity index is 5660. The number of amides is 8. The van der Waals surface area contributed by atoms with E-state index in [-0.39, 0.29) is 187 Å². The second-order valence-corrected chi connectivity index (χ2v) is 48.0. The van der Waals surface area contributed by atoms with E-state index in [4.69, 9.17) is 43.4 Å². The molecule has 145 heavy (non-hydrogen) atoms. The van der Waals surface area contributed by atoms with Gasteiger partial charge in [-0.1, -0.05) is 189 Å². The van der Waals surface area contributed by atoms with Crippen LogP contribution in [0.2, 0.25) is 0 Å². The van der Waals surface area contributed by atoms with E-state index >= 15 is 0 Å². The van der Waals surface area contributed by atoms with Crippen LogP contribution in [0.3, 0.4) is 0 Å². The zero-order chi connectivity index (χ0) is 105. The Hall–Kier alpha value is -10.9. The summed E-state index contributed by atoms with van der Waals surface area (Å²) in [6.45, 7) is 35.0. The Morgan fingerprint density at radius 2 is 0.703 bits per heavy atom. The zero-order valence-electron chi connectivity index (χ0n) is 84.2. The van der Waals surface area contributed by atoms with Gasteiger partial charge in [-0.25, -0.2) is 9.59 Å². The maximum atomic E-state index is 13.8. The first kappa shape index (κ1) is 113. The molecule has 7 aromatic rings. The van der Waals surface area contributed by atoms with Crippen LogP contribution in [0.15, 0.2) is 238 Å². The fourth-order valence-corrected chi connectivity index (χ4v) is 26.1. The zero-order valence-corrected chi connectivity index (χ0v) is 90.6. The fourth-order valence-electron chi connectivity index (χ4n) is 22.1. The summed E-state index contributed by atoms with van der Waals surface area (Å²) >= 11 is 5.72. The molecule has 6 aliphatic carbocycles. The number of aromatic nitrogens is 2. The standard InChI is InChI=1S/C39H47BrN2O9.C23H26BrNO4.C21H27N2.C14H17NO5.C7H6.2C5H5N.2ClH.Ru/c1-6-23-19-26(31-29(23)33(44)41(35(31)46)15-17-50-37(48)22(3)43)13-14-27-20-24(7-2)30-32(27)36(47)42(34(30)45)16-18-51-38(49)39(4,5)21-28(40)25-11-9-8-10-12-25;1-23(2,13-17(24)14-6-4-3-5-7-14)22(28)29-11-10-25-20(26)18-15-8-9-16(12-15)19(18)21(25)27;1-14-9-16(3)20(17(4)10-14)22-7-8-23(13-22)21-18(5)11-15(2)12-19(21)6;1-7(16)14(19)20-5-4-15-12(17)10-8-2-3-9(6-8)11(10)13(15)18;1-7-5-3-2-4-6-7;2*1-2-4-6-5-3-1;;;/h6-14,22-24,26-32,43H,1-2,15-21H2,3-5H3;3-9,15-19H,10-13H2,1-2H3;9-13H,7-8H2,1-6H3;2-3,7-11,16H,4-6H2,1H3;1-6H;2*1-5H;2*1H;/q;;-1;;;;;;;+2/p-2/b14-13-;;;;;;;;;/t;15?,16?,17?,18-,19+;;7?,8?,9?,10-,11+;;;;;;. The minimum Gasteiger partial charge on any atom is -0.265 e. The van der Waals surface area contributed by atoms with Crippen LogP contribution in [0.25, 0.3) is 0 Å². The quantitative estimate of drug-likeness (QED) is 0.00836. The summed E-state index contributed by atoms with van der Waals surface area (Å²) in [5, 5.41) is 18.4. The van der Waals surface area contributed by atoms with E-state index in [0.29, 0.717) is 25.7 Å². The van der Waals surface area contributed by atoms with Gasteiger partial charge in [0.1, 0.15) is 38.6 Å². The number of carbonyl (C=O) groups excluding carboxylic acids is 12. The summed E-state index contributed by atoms with van der Waals surface area (Å²) in [5.41, 5.74) is 12.6. The smallest absolute Gasteiger partial charge is 0.0267 e. The van der Waals surface area contributed by atoms with E-state index in [1.807, 2.05) is 170 Å². The maximum absolute atomic E-state index is 13.8. The van der Waals surface area contributed by atoms with E-state index in [2.05, 4.69) is 149 Å². The Morgan fingerprint density at radius 1 is 0.428 bits per heavy atom.